The second-order valence-corrected chi connectivity index (χ2v) is 11.5. The molecule has 0 spiro atoms. The highest BCUT2D eigenvalue weighted by Crippen LogP contribution is 2.50. The lowest BCUT2D eigenvalue weighted by Crippen LogP contribution is -2.44. The molecule has 31 heavy (non-hydrogen) atoms. The van der Waals surface area contributed by atoms with Gasteiger partial charge < -0.3 is 19.7 Å². The molecule has 0 radical (unpaired) electrons. The molecule has 2 unspecified atom stereocenters. The average Bonchev–Trinajstić information content (AvgIpc) is 2.66. The zero-order chi connectivity index (χ0) is 24.1. The molecular weight excluding hydrogens is 433 g/mol. The van der Waals surface area contributed by atoms with Crippen LogP contribution in [-0.2, 0) is 18.8 Å². The number of thioether (sulfide) groups is 1. The topological polar surface area (TPSA) is 77.3 Å². The Kier molecular flexibility index (Phi) is 16.9. The number of nitrogens with zero attached hydrogens (tertiary/aromatic N) is 2. The van der Waals surface area contributed by atoms with E-state index >= 15 is 0 Å². The van der Waals surface area contributed by atoms with Crippen molar-refractivity contribution in [2.75, 3.05) is 32.1 Å². The van der Waals surface area contributed by atoms with Gasteiger partial charge in [0.15, 0.2) is 19.9 Å². The number of carbonyl (C=O) groups excluding carboxylic acids is 1. The van der Waals surface area contributed by atoms with Gasteiger partial charge in [-0.3, -0.25) is 4.79 Å². The highest BCUT2D eigenvalue weighted by molar-refractivity contribution is 8.13. The van der Waals surface area contributed by atoms with Crippen molar-refractivity contribution < 1.29 is 18.8 Å². The molecule has 0 heterocycles. The summed E-state index contributed by atoms with van der Waals surface area (Å²) in [4.78, 5) is 11.9. The Morgan fingerprint density at radius 2 is 1.39 bits per heavy atom. The number of nitrogens with two attached hydrogens (primary N) is 1. The van der Waals surface area contributed by atoms with Crippen molar-refractivity contribution in [2.45, 2.75) is 99.7 Å². The minimum Gasteiger partial charge on any atom is -0.351 e. The summed E-state index contributed by atoms with van der Waals surface area (Å²) in [6, 6.07) is 1.41. The van der Waals surface area contributed by atoms with Crippen molar-refractivity contribution in [2.24, 2.45) is 11.7 Å². The molecule has 0 saturated heterocycles. The first-order valence-electron chi connectivity index (χ1n) is 11.6. The molecule has 2 atom stereocenters. The van der Waals surface area contributed by atoms with E-state index in [0.717, 1.165) is 0 Å². The third kappa shape index (κ3) is 11.8. The van der Waals surface area contributed by atoms with Crippen molar-refractivity contribution in [1.82, 2.24) is 9.34 Å². The summed E-state index contributed by atoms with van der Waals surface area (Å²) < 4.78 is 23.1. The maximum absolute atomic E-state index is 11.9. The monoisotopic (exact) mass is 481 g/mol. The standard InChI is InChI=1S/C22H48N3O4PS/c1-11-27-21(28-12-13-31-22(26)20(10)14-23)15-29-30(24(16(2)3)17(4)5)25(18(6)7)19(8)9/h16-21H,11-15,23H2,1-10H3. The minimum atomic E-state index is -0.995. The van der Waals surface area contributed by atoms with Crippen LogP contribution in [0.2, 0.25) is 0 Å². The second-order valence-electron chi connectivity index (χ2n) is 8.74. The van der Waals surface area contributed by atoms with Gasteiger partial charge in [0, 0.05) is 49.0 Å². The van der Waals surface area contributed by atoms with Crippen LogP contribution < -0.4 is 5.73 Å². The van der Waals surface area contributed by atoms with Crippen LogP contribution in [0.1, 0.15) is 69.2 Å². The minimum absolute atomic E-state index is 0.104. The highest BCUT2D eigenvalue weighted by atomic mass is 32.2. The lowest BCUT2D eigenvalue weighted by atomic mass is 10.2. The molecule has 0 rings (SSSR count). The van der Waals surface area contributed by atoms with Crippen LogP contribution in [0.5, 0.6) is 0 Å². The molecule has 0 saturated carbocycles. The van der Waals surface area contributed by atoms with Gasteiger partial charge in [-0.05, 0) is 62.3 Å². The number of hydrogen-bond acceptors (Lipinski definition) is 8. The largest absolute Gasteiger partial charge is 0.351 e. The Labute approximate surface area is 197 Å². The molecule has 0 aromatic rings. The zero-order valence-corrected chi connectivity index (χ0v) is 23.2. The molecule has 0 amide bonds. The second kappa shape index (κ2) is 16.8. The molecule has 2 N–H and O–H groups in total. The van der Waals surface area contributed by atoms with Gasteiger partial charge in [0.05, 0.1) is 6.61 Å². The van der Waals surface area contributed by atoms with Crippen molar-refractivity contribution in [3.05, 3.63) is 0 Å². The number of ether oxygens (including phenoxy) is 2. The van der Waals surface area contributed by atoms with Crippen molar-refractivity contribution in [3.63, 3.8) is 0 Å². The molecule has 0 bridgehead atoms. The average molecular weight is 482 g/mol. The van der Waals surface area contributed by atoms with Gasteiger partial charge in [-0.2, -0.15) is 0 Å². The smallest absolute Gasteiger partial charge is 0.193 e. The van der Waals surface area contributed by atoms with E-state index in [4.69, 9.17) is 19.7 Å². The molecular formula is C22H48N3O4PS. The summed E-state index contributed by atoms with van der Waals surface area (Å²) in [5.74, 6) is 0.450. The fraction of sp³-hybridized carbons (Fsp3) is 0.955. The first-order valence-corrected chi connectivity index (χ1v) is 13.7. The third-order valence-corrected chi connectivity index (χ3v) is 8.65. The molecule has 0 fully saturated rings. The normalized spacial score (nSPS) is 14.8. The number of rotatable bonds is 17. The summed E-state index contributed by atoms with van der Waals surface area (Å²) in [6.45, 7) is 23.2. The van der Waals surface area contributed by atoms with E-state index in [-0.39, 0.29) is 11.0 Å². The molecule has 7 nitrogen and oxygen atoms in total. The van der Waals surface area contributed by atoms with E-state index in [0.29, 0.717) is 56.3 Å². The molecule has 186 valence electrons. The van der Waals surface area contributed by atoms with Crippen molar-refractivity contribution in [1.29, 1.82) is 0 Å². The maximum atomic E-state index is 11.9. The predicted octanol–water partition coefficient (Wildman–Crippen LogP) is 4.70. The quantitative estimate of drug-likeness (QED) is 0.182. The van der Waals surface area contributed by atoms with Crippen LogP contribution in [0.15, 0.2) is 0 Å². The Morgan fingerprint density at radius 3 is 1.77 bits per heavy atom. The summed E-state index contributed by atoms with van der Waals surface area (Å²) in [5, 5.41) is 0.104. The van der Waals surface area contributed by atoms with Crippen molar-refractivity contribution in [3.8, 4) is 0 Å². The maximum Gasteiger partial charge on any atom is 0.193 e. The number of hydrogen-bond donors (Lipinski definition) is 1. The summed E-state index contributed by atoms with van der Waals surface area (Å²) in [7, 11) is -0.995. The van der Waals surface area contributed by atoms with Crippen LogP contribution >= 0.6 is 20.2 Å². The Morgan fingerprint density at radius 1 is 0.903 bits per heavy atom. The fourth-order valence-electron chi connectivity index (χ4n) is 3.25. The van der Waals surface area contributed by atoms with E-state index in [1.54, 1.807) is 0 Å². The Hall–Kier alpha value is 0.210. The van der Waals surface area contributed by atoms with Crippen LogP contribution in [0.4, 0.5) is 0 Å². The molecule has 0 aromatic heterocycles. The van der Waals surface area contributed by atoms with E-state index in [1.165, 1.54) is 11.8 Å². The fourth-order valence-corrected chi connectivity index (χ4v) is 6.36. The van der Waals surface area contributed by atoms with Gasteiger partial charge in [-0.15, -0.1) is 0 Å². The third-order valence-electron chi connectivity index (χ3n) is 4.58. The van der Waals surface area contributed by atoms with E-state index in [2.05, 4.69) is 64.7 Å². The van der Waals surface area contributed by atoms with Crippen molar-refractivity contribution >= 4 is 25.3 Å². The summed E-state index contributed by atoms with van der Waals surface area (Å²) in [5.41, 5.74) is 5.56. The van der Waals surface area contributed by atoms with Crippen LogP contribution in [0, 0.1) is 5.92 Å². The summed E-state index contributed by atoms with van der Waals surface area (Å²) >= 11 is 1.27. The molecule has 0 aliphatic rings. The lowest BCUT2D eigenvalue weighted by molar-refractivity contribution is -0.152. The Bertz CT molecular complexity index is 448. The van der Waals surface area contributed by atoms with Gasteiger partial charge in [-0.25, -0.2) is 9.34 Å². The van der Waals surface area contributed by atoms with Gasteiger partial charge in [0.25, 0.3) is 0 Å². The predicted molar refractivity (Wildman–Crippen MR) is 134 cm³/mol. The molecule has 0 aromatic carbocycles. The Balaban J connectivity index is 5.14. The number of carbonyl (C=O) groups is 1. The van der Waals surface area contributed by atoms with Gasteiger partial charge in [-0.1, -0.05) is 18.7 Å². The van der Waals surface area contributed by atoms with E-state index in [9.17, 15) is 4.79 Å². The van der Waals surface area contributed by atoms with Crippen LogP contribution in [-0.4, -0.2) is 77.0 Å². The van der Waals surface area contributed by atoms with E-state index in [1.807, 2.05) is 13.8 Å². The van der Waals surface area contributed by atoms with E-state index < -0.39 is 14.7 Å². The molecule has 0 aliphatic heterocycles. The van der Waals surface area contributed by atoms with Crippen LogP contribution in [0.25, 0.3) is 0 Å². The lowest BCUT2D eigenvalue weighted by Gasteiger charge is -2.45. The first kappa shape index (κ1) is 31.2. The van der Waals surface area contributed by atoms with Gasteiger partial charge >= 0.3 is 0 Å². The highest BCUT2D eigenvalue weighted by Gasteiger charge is 2.35. The molecule has 9 heteroatoms. The SMILES string of the molecule is CCOC(COP(N(C(C)C)C(C)C)N(C(C)C)C(C)C)OCCSC(=O)C(C)CN. The van der Waals surface area contributed by atoms with Gasteiger partial charge in [0.1, 0.15) is 6.61 Å². The zero-order valence-electron chi connectivity index (χ0n) is 21.5. The molecule has 0 aliphatic carbocycles. The van der Waals surface area contributed by atoms with Gasteiger partial charge in [0.2, 0.25) is 0 Å². The summed E-state index contributed by atoms with van der Waals surface area (Å²) in [6.07, 6.45) is -0.458. The van der Waals surface area contributed by atoms with Crippen LogP contribution in [0.3, 0.4) is 0 Å². The first-order chi connectivity index (χ1) is 14.5.